The van der Waals surface area contributed by atoms with Crippen molar-refractivity contribution in [3.8, 4) is 5.69 Å². The Balaban J connectivity index is 1.53. The summed E-state index contributed by atoms with van der Waals surface area (Å²) < 4.78 is 15.7. The van der Waals surface area contributed by atoms with Crippen LogP contribution in [-0.4, -0.2) is 32.0 Å². The van der Waals surface area contributed by atoms with Gasteiger partial charge < -0.3 is 20.1 Å². The molecule has 1 fully saturated rings. The highest BCUT2D eigenvalue weighted by molar-refractivity contribution is 7.80. The molecule has 0 bridgehead atoms. The molecule has 36 heavy (non-hydrogen) atoms. The summed E-state index contributed by atoms with van der Waals surface area (Å²) in [6.07, 6.45) is 1.75. The van der Waals surface area contributed by atoms with Crippen molar-refractivity contribution in [2.24, 2.45) is 0 Å². The van der Waals surface area contributed by atoms with Crippen molar-refractivity contribution in [3.05, 3.63) is 114 Å². The molecule has 0 radical (unpaired) electrons. The van der Waals surface area contributed by atoms with Crippen LogP contribution in [0.1, 0.15) is 34.7 Å². The molecule has 2 aromatic heterocycles. The van der Waals surface area contributed by atoms with Crippen molar-refractivity contribution in [2.45, 2.75) is 25.9 Å². The van der Waals surface area contributed by atoms with Gasteiger partial charge in [-0.1, -0.05) is 24.3 Å². The molecule has 182 valence electrons. The zero-order chi connectivity index (χ0) is 25.2. The third-order valence-electron chi connectivity index (χ3n) is 6.44. The second-order valence-electron chi connectivity index (χ2n) is 8.81. The minimum absolute atomic E-state index is 0.0783. The van der Waals surface area contributed by atoms with E-state index in [1.54, 1.807) is 18.3 Å². The van der Waals surface area contributed by atoms with E-state index < -0.39 is 0 Å². The molecule has 0 aliphatic carbocycles. The van der Waals surface area contributed by atoms with Crippen LogP contribution < -0.4 is 10.6 Å². The fourth-order valence-electron chi connectivity index (χ4n) is 4.87. The number of halogens is 1. The summed E-state index contributed by atoms with van der Waals surface area (Å²) in [5, 5.41) is 6.84. The van der Waals surface area contributed by atoms with Gasteiger partial charge in [-0.2, -0.15) is 0 Å². The van der Waals surface area contributed by atoms with Crippen LogP contribution in [0.15, 0.2) is 85.1 Å². The Bertz CT molecular complexity index is 1390. The van der Waals surface area contributed by atoms with E-state index in [-0.39, 0.29) is 30.4 Å². The van der Waals surface area contributed by atoms with Crippen LogP contribution in [-0.2, 0) is 4.79 Å². The maximum atomic E-state index is 13.6. The minimum Gasteiger partial charge on any atom is -0.352 e. The standard InChI is InChI=1S/C28H26FN5OS/c1-18-16-23(19(2)34(18)22-13-11-20(29)12-14-22)27-26(24-10-6-7-15-30-24)32-28(36)33(27)17-25(35)31-21-8-4-3-5-9-21/h3-16,26-27H,17H2,1-2H3,(H,31,35)(H,32,36)/t26-,27+/m1/s1. The number of carbonyl (C=O) groups excluding carboxylic acids is 1. The van der Waals surface area contributed by atoms with Crippen molar-refractivity contribution in [2.75, 3.05) is 11.9 Å². The zero-order valence-electron chi connectivity index (χ0n) is 20.0. The van der Waals surface area contributed by atoms with E-state index in [4.69, 9.17) is 12.2 Å². The van der Waals surface area contributed by atoms with E-state index in [2.05, 4.69) is 26.3 Å². The summed E-state index contributed by atoms with van der Waals surface area (Å²) in [7, 11) is 0. The van der Waals surface area contributed by atoms with E-state index in [0.717, 1.165) is 34.0 Å². The number of anilines is 1. The van der Waals surface area contributed by atoms with Crippen LogP contribution in [0.4, 0.5) is 10.1 Å². The van der Waals surface area contributed by atoms with Gasteiger partial charge in [-0.05, 0) is 86.2 Å². The van der Waals surface area contributed by atoms with Gasteiger partial charge in [-0.25, -0.2) is 4.39 Å². The number of aromatic nitrogens is 2. The van der Waals surface area contributed by atoms with Crippen molar-refractivity contribution in [1.82, 2.24) is 19.8 Å². The number of thiocarbonyl (C=S) groups is 1. The lowest BCUT2D eigenvalue weighted by Gasteiger charge is -2.27. The van der Waals surface area contributed by atoms with E-state index in [9.17, 15) is 9.18 Å². The molecular formula is C28H26FN5OS. The summed E-state index contributed by atoms with van der Waals surface area (Å²) in [4.78, 5) is 19.5. The van der Waals surface area contributed by atoms with E-state index >= 15 is 0 Å². The van der Waals surface area contributed by atoms with Crippen LogP contribution in [0.25, 0.3) is 5.69 Å². The predicted molar refractivity (Wildman–Crippen MR) is 142 cm³/mol. The molecule has 8 heteroatoms. The molecule has 1 aliphatic heterocycles. The lowest BCUT2D eigenvalue weighted by molar-refractivity contribution is -0.116. The van der Waals surface area contributed by atoms with Crippen LogP contribution in [0.5, 0.6) is 0 Å². The summed E-state index contributed by atoms with van der Waals surface area (Å²) >= 11 is 5.73. The van der Waals surface area contributed by atoms with E-state index in [1.807, 2.05) is 67.3 Å². The second kappa shape index (κ2) is 9.91. The number of carbonyl (C=O) groups is 1. The first kappa shape index (κ1) is 23.7. The number of rotatable bonds is 6. The molecule has 1 amide bonds. The summed E-state index contributed by atoms with van der Waals surface area (Å²) in [6.45, 7) is 4.13. The Labute approximate surface area is 214 Å². The largest absolute Gasteiger partial charge is 0.352 e. The zero-order valence-corrected chi connectivity index (χ0v) is 20.8. The molecule has 1 saturated heterocycles. The number of para-hydroxylation sites is 1. The van der Waals surface area contributed by atoms with Gasteiger partial charge in [0.25, 0.3) is 0 Å². The highest BCUT2D eigenvalue weighted by Gasteiger charge is 2.42. The number of amides is 1. The molecule has 1 aliphatic rings. The molecule has 0 unspecified atom stereocenters. The Hall–Kier alpha value is -4.04. The fraction of sp³-hybridized carbons (Fsp3) is 0.179. The molecule has 0 saturated carbocycles. The average Bonchev–Trinajstić information content (AvgIpc) is 3.35. The van der Waals surface area contributed by atoms with Gasteiger partial charge >= 0.3 is 0 Å². The Morgan fingerprint density at radius 3 is 2.47 bits per heavy atom. The van der Waals surface area contributed by atoms with Crippen LogP contribution >= 0.6 is 12.2 Å². The molecular weight excluding hydrogens is 473 g/mol. The molecule has 2 N–H and O–H groups in total. The minimum atomic E-state index is -0.280. The maximum absolute atomic E-state index is 13.6. The third-order valence-corrected chi connectivity index (χ3v) is 6.80. The van der Waals surface area contributed by atoms with E-state index in [1.165, 1.54) is 12.1 Å². The number of pyridine rings is 1. The Morgan fingerprint density at radius 2 is 1.78 bits per heavy atom. The number of hydrogen-bond acceptors (Lipinski definition) is 3. The topological polar surface area (TPSA) is 62.2 Å². The lowest BCUT2D eigenvalue weighted by Crippen LogP contribution is -2.37. The molecule has 2 atom stereocenters. The SMILES string of the molecule is Cc1cc([C@H]2[C@@H](c3ccccn3)NC(=S)N2CC(=O)Nc2ccccc2)c(C)n1-c1ccc(F)cc1. The molecule has 5 rings (SSSR count). The fourth-order valence-corrected chi connectivity index (χ4v) is 5.17. The van der Waals surface area contributed by atoms with Crippen LogP contribution in [0.2, 0.25) is 0 Å². The summed E-state index contributed by atoms with van der Waals surface area (Å²) in [6, 6.07) is 23.2. The first-order valence-electron chi connectivity index (χ1n) is 11.7. The van der Waals surface area contributed by atoms with Crippen LogP contribution in [0, 0.1) is 19.7 Å². The first-order valence-corrected chi connectivity index (χ1v) is 12.1. The number of aryl methyl sites for hydroxylation is 1. The summed E-state index contributed by atoms with van der Waals surface area (Å²) in [5.41, 5.74) is 5.45. The normalized spacial score (nSPS) is 17.2. The predicted octanol–water partition coefficient (Wildman–Crippen LogP) is 5.24. The highest BCUT2D eigenvalue weighted by atomic mass is 32.1. The molecule has 3 heterocycles. The Morgan fingerprint density at radius 1 is 1.06 bits per heavy atom. The monoisotopic (exact) mass is 499 g/mol. The number of nitrogens with zero attached hydrogens (tertiary/aromatic N) is 3. The van der Waals surface area contributed by atoms with E-state index in [0.29, 0.717) is 5.11 Å². The highest BCUT2D eigenvalue weighted by Crippen LogP contribution is 2.41. The lowest BCUT2D eigenvalue weighted by atomic mass is 9.96. The third kappa shape index (κ3) is 4.59. The van der Waals surface area contributed by atoms with Crippen molar-refractivity contribution in [1.29, 1.82) is 0 Å². The van der Waals surface area contributed by atoms with Gasteiger partial charge in [0.15, 0.2) is 5.11 Å². The van der Waals surface area contributed by atoms with Gasteiger partial charge in [-0.3, -0.25) is 9.78 Å². The molecule has 2 aromatic carbocycles. The average molecular weight is 500 g/mol. The smallest absolute Gasteiger partial charge is 0.244 e. The number of benzene rings is 2. The maximum Gasteiger partial charge on any atom is 0.244 e. The van der Waals surface area contributed by atoms with Crippen molar-refractivity contribution >= 4 is 28.9 Å². The van der Waals surface area contributed by atoms with Gasteiger partial charge in [0.05, 0.1) is 17.8 Å². The van der Waals surface area contributed by atoms with Crippen LogP contribution in [0.3, 0.4) is 0 Å². The van der Waals surface area contributed by atoms with Gasteiger partial charge in [-0.15, -0.1) is 0 Å². The first-order chi connectivity index (χ1) is 17.4. The second-order valence-corrected chi connectivity index (χ2v) is 9.19. The Kier molecular flexibility index (Phi) is 6.52. The molecule has 6 nitrogen and oxygen atoms in total. The summed E-state index contributed by atoms with van der Waals surface area (Å²) in [5.74, 6) is -0.443. The quantitative estimate of drug-likeness (QED) is 0.355. The van der Waals surface area contributed by atoms with Gasteiger partial charge in [0, 0.05) is 29.0 Å². The number of hydrogen-bond donors (Lipinski definition) is 2. The van der Waals surface area contributed by atoms with Gasteiger partial charge in [0.2, 0.25) is 5.91 Å². The molecule has 4 aromatic rings. The van der Waals surface area contributed by atoms with Crippen molar-refractivity contribution in [3.63, 3.8) is 0 Å². The van der Waals surface area contributed by atoms with Gasteiger partial charge in [0.1, 0.15) is 12.4 Å². The molecule has 0 spiro atoms. The van der Waals surface area contributed by atoms with Crippen molar-refractivity contribution < 1.29 is 9.18 Å². The number of nitrogens with one attached hydrogen (secondary N) is 2.